The summed E-state index contributed by atoms with van der Waals surface area (Å²) in [5, 5.41) is 12.1. The van der Waals surface area contributed by atoms with Crippen LogP contribution in [0.3, 0.4) is 0 Å². The number of esters is 1. The van der Waals surface area contributed by atoms with Crippen LogP contribution < -0.4 is 10.1 Å². The van der Waals surface area contributed by atoms with Crippen molar-refractivity contribution in [3.05, 3.63) is 65.2 Å². The third-order valence-corrected chi connectivity index (χ3v) is 5.22. The second-order valence-corrected chi connectivity index (χ2v) is 7.29. The van der Waals surface area contributed by atoms with E-state index in [1.807, 2.05) is 30.3 Å². The molecule has 26 heavy (non-hydrogen) atoms. The van der Waals surface area contributed by atoms with Crippen LogP contribution in [0.4, 0.5) is 5.13 Å². The van der Waals surface area contributed by atoms with Gasteiger partial charge < -0.3 is 4.74 Å². The van der Waals surface area contributed by atoms with Gasteiger partial charge in [0, 0.05) is 17.4 Å². The molecule has 0 aliphatic rings. The van der Waals surface area contributed by atoms with Gasteiger partial charge in [-0.2, -0.15) is 0 Å². The Kier molecular flexibility index (Phi) is 5.98. The lowest BCUT2D eigenvalue weighted by atomic mass is 10.2. The van der Waals surface area contributed by atoms with Gasteiger partial charge in [-0.3, -0.25) is 14.9 Å². The van der Waals surface area contributed by atoms with E-state index in [0.717, 1.165) is 9.90 Å². The van der Waals surface area contributed by atoms with Crippen LogP contribution in [0.25, 0.3) is 0 Å². The zero-order valence-electron chi connectivity index (χ0n) is 13.8. The van der Waals surface area contributed by atoms with Gasteiger partial charge in [0.15, 0.2) is 0 Å². The average molecular weight is 385 g/mol. The molecule has 0 bridgehead atoms. The highest BCUT2D eigenvalue weighted by Gasteiger charge is 2.11. The Morgan fingerprint density at radius 1 is 1.08 bits per heavy atom. The van der Waals surface area contributed by atoms with Crippen LogP contribution in [-0.2, 0) is 10.5 Å². The Bertz CT molecular complexity index is 896. The lowest BCUT2D eigenvalue weighted by molar-refractivity contribution is -0.131. The molecule has 0 radical (unpaired) electrons. The van der Waals surface area contributed by atoms with Crippen molar-refractivity contribution in [1.29, 1.82) is 0 Å². The molecule has 0 atom stereocenters. The highest BCUT2D eigenvalue weighted by Crippen LogP contribution is 2.26. The molecule has 8 heteroatoms. The average Bonchev–Trinajstić information content (AvgIpc) is 3.08. The maximum atomic E-state index is 12.3. The molecule has 3 aromatic rings. The van der Waals surface area contributed by atoms with Crippen molar-refractivity contribution in [2.45, 2.75) is 17.6 Å². The Labute approximate surface area is 158 Å². The number of anilines is 1. The fourth-order valence-corrected chi connectivity index (χ4v) is 3.67. The predicted molar refractivity (Wildman–Crippen MR) is 102 cm³/mol. The van der Waals surface area contributed by atoms with Gasteiger partial charge in [-0.25, -0.2) is 0 Å². The zero-order valence-corrected chi connectivity index (χ0v) is 15.5. The third kappa shape index (κ3) is 5.14. The van der Waals surface area contributed by atoms with Crippen molar-refractivity contribution in [2.24, 2.45) is 0 Å². The number of ether oxygens (including phenoxy) is 1. The van der Waals surface area contributed by atoms with E-state index in [9.17, 15) is 9.59 Å². The number of carbonyl (C=O) groups excluding carboxylic acids is 2. The van der Waals surface area contributed by atoms with E-state index in [-0.39, 0.29) is 5.91 Å². The van der Waals surface area contributed by atoms with Gasteiger partial charge in [-0.05, 0) is 36.4 Å². The molecule has 1 N–H and O–H groups in total. The van der Waals surface area contributed by atoms with E-state index in [2.05, 4.69) is 15.5 Å². The molecule has 3 rings (SSSR count). The maximum Gasteiger partial charge on any atom is 0.308 e. The first-order valence-corrected chi connectivity index (χ1v) is 9.50. The van der Waals surface area contributed by atoms with Gasteiger partial charge in [-0.15, -0.1) is 22.0 Å². The van der Waals surface area contributed by atoms with Crippen molar-refractivity contribution in [3.63, 3.8) is 0 Å². The fourth-order valence-electron chi connectivity index (χ4n) is 2.03. The number of aromatic nitrogens is 2. The minimum absolute atomic E-state index is 0.294. The second kappa shape index (κ2) is 8.59. The molecule has 0 fully saturated rings. The van der Waals surface area contributed by atoms with E-state index in [0.29, 0.717) is 22.2 Å². The summed E-state index contributed by atoms with van der Waals surface area (Å²) in [6.45, 7) is 1.32. The number of carbonyl (C=O) groups is 2. The number of hydrogen-bond donors (Lipinski definition) is 1. The number of nitrogens with one attached hydrogen (secondary N) is 1. The third-order valence-electron chi connectivity index (χ3n) is 3.17. The SMILES string of the molecule is CC(=O)Oc1ccc(C(=O)Nc2nnc(CSc3ccccc3)s2)cc1. The Balaban J connectivity index is 1.56. The first-order valence-electron chi connectivity index (χ1n) is 7.70. The highest BCUT2D eigenvalue weighted by molar-refractivity contribution is 7.98. The molecule has 0 spiro atoms. The molecule has 2 aromatic carbocycles. The normalized spacial score (nSPS) is 10.3. The van der Waals surface area contributed by atoms with Gasteiger partial charge in [-0.1, -0.05) is 29.5 Å². The van der Waals surface area contributed by atoms with Crippen molar-refractivity contribution >= 4 is 40.1 Å². The summed E-state index contributed by atoms with van der Waals surface area (Å²) < 4.78 is 4.94. The van der Waals surface area contributed by atoms with Gasteiger partial charge in [0.05, 0.1) is 5.75 Å². The van der Waals surface area contributed by atoms with Gasteiger partial charge in [0.25, 0.3) is 5.91 Å². The molecule has 1 heterocycles. The molecule has 132 valence electrons. The Morgan fingerprint density at radius 2 is 1.81 bits per heavy atom. The van der Waals surface area contributed by atoms with Crippen molar-refractivity contribution < 1.29 is 14.3 Å². The minimum Gasteiger partial charge on any atom is -0.427 e. The van der Waals surface area contributed by atoms with Crippen LogP contribution in [0.1, 0.15) is 22.3 Å². The molecule has 0 saturated heterocycles. The predicted octanol–water partition coefficient (Wildman–Crippen LogP) is 4.01. The topological polar surface area (TPSA) is 81.2 Å². The Morgan fingerprint density at radius 3 is 2.50 bits per heavy atom. The summed E-state index contributed by atoms with van der Waals surface area (Å²) in [4.78, 5) is 24.3. The number of thioether (sulfide) groups is 1. The number of amides is 1. The Hall–Kier alpha value is -2.71. The van der Waals surface area contributed by atoms with E-state index in [4.69, 9.17) is 4.74 Å². The summed E-state index contributed by atoms with van der Waals surface area (Å²) >= 11 is 3.00. The molecular weight excluding hydrogens is 370 g/mol. The smallest absolute Gasteiger partial charge is 0.308 e. The quantitative estimate of drug-likeness (QED) is 0.392. The summed E-state index contributed by atoms with van der Waals surface area (Å²) in [6, 6.07) is 16.3. The van der Waals surface area contributed by atoms with Crippen LogP contribution in [0, 0.1) is 0 Å². The van der Waals surface area contributed by atoms with E-state index in [1.54, 1.807) is 36.0 Å². The molecule has 0 saturated carbocycles. The standard InChI is InChI=1S/C18H15N3O3S2/c1-12(22)24-14-9-7-13(8-10-14)17(23)19-18-21-20-16(26-18)11-25-15-5-3-2-4-6-15/h2-10H,11H2,1H3,(H,19,21,23). The zero-order chi connectivity index (χ0) is 18.4. The van der Waals surface area contributed by atoms with Crippen LogP contribution in [0.15, 0.2) is 59.5 Å². The molecule has 0 aliphatic carbocycles. The molecule has 1 aromatic heterocycles. The van der Waals surface area contributed by atoms with E-state index < -0.39 is 5.97 Å². The molecule has 0 unspecified atom stereocenters. The van der Waals surface area contributed by atoms with Crippen LogP contribution >= 0.6 is 23.1 Å². The first-order chi connectivity index (χ1) is 12.6. The van der Waals surface area contributed by atoms with E-state index >= 15 is 0 Å². The highest BCUT2D eigenvalue weighted by atomic mass is 32.2. The maximum absolute atomic E-state index is 12.3. The second-order valence-electron chi connectivity index (χ2n) is 5.17. The molecule has 6 nitrogen and oxygen atoms in total. The van der Waals surface area contributed by atoms with Gasteiger partial charge >= 0.3 is 5.97 Å². The van der Waals surface area contributed by atoms with E-state index in [1.165, 1.54) is 18.3 Å². The summed E-state index contributed by atoms with van der Waals surface area (Å²) in [5.41, 5.74) is 0.441. The lowest BCUT2D eigenvalue weighted by Gasteiger charge is -2.03. The molecule has 1 amide bonds. The van der Waals surface area contributed by atoms with Crippen LogP contribution in [-0.4, -0.2) is 22.1 Å². The first kappa shape index (κ1) is 18.1. The van der Waals surface area contributed by atoms with Gasteiger partial charge in [0.1, 0.15) is 10.8 Å². The summed E-state index contributed by atoms with van der Waals surface area (Å²) in [7, 11) is 0. The van der Waals surface area contributed by atoms with Crippen LogP contribution in [0.2, 0.25) is 0 Å². The number of benzene rings is 2. The molecular formula is C18H15N3O3S2. The summed E-state index contributed by atoms with van der Waals surface area (Å²) in [6.07, 6.45) is 0. The number of rotatable bonds is 6. The number of hydrogen-bond acceptors (Lipinski definition) is 7. The largest absolute Gasteiger partial charge is 0.427 e. The monoisotopic (exact) mass is 385 g/mol. The van der Waals surface area contributed by atoms with Gasteiger partial charge in [0.2, 0.25) is 5.13 Å². The number of nitrogens with zero attached hydrogens (tertiary/aromatic N) is 2. The summed E-state index contributed by atoms with van der Waals surface area (Å²) in [5.74, 6) is 0.384. The van der Waals surface area contributed by atoms with Crippen molar-refractivity contribution in [2.75, 3.05) is 5.32 Å². The lowest BCUT2D eigenvalue weighted by Crippen LogP contribution is -2.11. The fraction of sp³-hybridized carbons (Fsp3) is 0.111. The molecule has 0 aliphatic heterocycles. The minimum atomic E-state index is -0.406. The van der Waals surface area contributed by atoms with Crippen molar-refractivity contribution in [1.82, 2.24) is 10.2 Å². The van der Waals surface area contributed by atoms with Crippen molar-refractivity contribution in [3.8, 4) is 5.75 Å². The van der Waals surface area contributed by atoms with Crippen LogP contribution in [0.5, 0.6) is 5.75 Å².